The Balaban J connectivity index is 1.69. The summed E-state index contributed by atoms with van der Waals surface area (Å²) in [5.41, 5.74) is 4.66. The van der Waals surface area contributed by atoms with Crippen molar-refractivity contribution in [1.29, 1.82) is 0 Å². The van der Waals surface area contributed by atoms with Gasteiger partial charge >= 0.3 is 0 Å². The summed E-state index contributed by atoms with van der Waals surface area (Å²) < 4.78 is 15.1. The molecule has 2 aromatic carbocycles. The van der Waals surface area contributed by atoms with Crippen LogP contribution in [0.4, 0.5) is 10.1 Å². The van der Waals surface area contributed by atoms with Gasteiger partial charge in [-0.25, -0.2) is 4.39 Å². The molecule has 1 N–H and O–H groups in total. The molecule has 1 unspecified atom stereocenters. The summed E-state index contributed by atoms with van der Waals surface area (Å²) in [6.45, 7) is 6.08. The highest BCUT2D eigenvalue weighted by molar-refractivity contribution is 8.00. The number of para-hydroxylation sites is 1. The highest BCUT2D eigenvalue weighted by atomic mass is 32.2. The zero-order valence-corrected chi connectivity index (χ0v) is 17.3. The fourth-order valence-corrected chi connectivity index (χ4v) is 4.38. The minimum Gasteiger partial charge on any atom is -0.325 e. The Morgan fingerprint density at radius 2 is 1.90 bits per heavy atom. The van der Waals surface area contributed by atoms with Gasteiger partial charge in [-0.05, 0) is 61.7 Å². The second-order valence-corrected chi connectivity index (χ2v) is 8.16. The number of amides is 1. The van der Waals surface area contributed by atoms with Crippen molar-refractivity contribution in [3.05, 3.63) is 65.5 Å². The monoisotopic (exact) mass is 408 g/mol. The van der Waals surface area contributed by atoms with Gasteiger partial charge in [-0.1, -0.05) is 36.9 Å². The molecule has 1 amide bonds. The molecule has 2 heterocycles. The molecule has 0 aliphatic rings. The molecule has 0 saturated heterocycles. The van der Waals surface area contributed by atoms with Crippen LogP contribution in [0.1, 0.15) is 24.5 Å². The van der Waals surface area contributed by atoms with Crippen LogP contribution in [0.2, 0.25) is 0 Å². The lowest BCUT2D eigenvalue weighted by Gasteiger charge is -2.15. The predicted octanol–water partition coefficient (Wildman–Crippen LogP) is 5.15. The fraction of sp³-hybridized carbons (Fsp3) is 0.227. The third-order valence-electron chi connectivity index (χ3n) is 4.91. The van der Waals surface area contributed by atoms with Crippen molar-refractivity contribution in [2.24, 2.45) is 0 Å². The number of hydrogen-bond donors (Lipinski definition) is 1. The number of nitrogens with zero attached hydrogens (tertiary/aromatic N) is 3. The van der Waals surface area contributed by atoms with E-state index in [1.54, 1.807) is 12.1 Å². The number of carbonyl (C=O) groups excluding carboxylic acids is 1. The van der Waals surface area contributed by atoms with Crippen LogP contribution in [0.25, 0.3) is 16.6 Å². The molecule has 0 saturated carbocycles. The number of rotatable bonds is 5. The van der Waals surface area contributed by atoms with E-state index < -0.39 is 0 Å². The standard InChI is InChI=1S/C22H21FN4OS/c1-4-18(21(28)24-16-10-8-15(23)9-11-16)29-22-26-25-19-12-14(3)17-7-5-6-13(2)20(17)27(19)22/h5-12,18H,4H2,1-3H3,(H,24,28). The molecule has 0 aliphatic carbocycles. The van der Waals surface area contributed by atoms with Crippen molar-refractivity contribution >= 4 is 39.9 Å². The maximum Gasteiger partial charge on any atom is 0.237 e. The first kappa shape index (κ1) is 19.4. The van der Waals surface area contributed by atoms with E-state index in [0.29, 0.717) is 17.3 Å². The highest BCUT2D eigenvalue weighted by Crippen LogP contribution is 2.31. The second-order valence-electron chi connectivity index (χ2n) is 6.99. The van der Waals surface area contributed by atoms with Gasteiger partial charge < -0.3 is 5.32 Å². The second kappa shape index (κ2) is 7.83. The largest absolute Gasteiger partial charge is 0.325 e. The average Bonchev–Trinajstić information content (AvgIpc) is 3.10. The zero-order chi connectivity index (χ0) is 20.5. The molecule has 0 fully saturated rings. The van der Waals surface area contributed by atoms with Crippen LogP contribution in [-0.4, -0.2) is 25.8 Å². The summed E-state index contributed by atoms with van der Waals surface area (Å²) in [6, 6.07) is 14.0. The smallest absolute Gasteiger partial charge is 0.237 e. The Morgan fingerprint density at radius 1 is 1.14 bits per heavy atom. The number of benzene rings is 2. The third kappa shape index (κ3) is 3.70. The molecule has 7 heteroatoms. The Bertz CT molecular complexity index is 1200. The Morgan fingerprint density at radius 3 is 2.62 bits per heavy atom. The van der Waals surface area contributed by atoms with Gasteiger partial charge in [0.05, 0.1) is 10.8 Å². The van der Waals surface area contributed by atoms with Crippen LogP contribution in [0.15, 0.2) is 53.7 Å². The van der Waals surface area contributed by atoms with E-state index >= 15 is 0 Å². The van der Waals surface area contributed by atoms with E-state index in [0.717, 1.165) is 27.7 Å². The van der Waals surface area contributed by atoms with Crippen LogP contribution < -0.4 is 5.32 Å². The number of fused-ring (bicyclic) bond motifs is 3. The van der Waals surface area contributed by atoms with Gasteiger partial charge in [0.2, 0.25) is 5.91 Å². The number of hydrogen-bond acceptors (Lipinski definition) is 4. The van der Waals surface area contributed by atoms with Gasteiger partial charge in [0, 0.05) is 11.1 Å². The number of pyridine rings is 1. The fourth-order valence-electron chi connectivity index (χ4n) is 3.41. The summed E-state index contributed by atoms with van der Waals surface area (Å²) in [5, 5.41) is 13.0. The number of nitrogens with one attached hydrogen (secondary N) is 1. The molecule has 4 rings (SSSR count). The number of thioether (sulfide) groups is 1. The van der Waals surface area contributed by atoms with E-state index in [2.05, 4.69) is 41.5 Å². The molecule has 2 aromatic heterocycles. The molecule has 5 nitrogen and oxygen atoms in total. The lowest BCUT2D eigenvalue weighted by molar-refractivity contribution is -0.115. The normalized spacial score (nSPS) is 12.4. The Kier molecular flexibility index (Phi) is 5.24. The summed E-state index contributed by atoms with van der Waals surface area (Å²) in [4.78, 5) is 12.8. The van der Waals surface area contributed by atoms with Crippen molar-refractivity contribution < 1.29 is 9.18 Å². The van der Waals surface area contributed by atoms with Crippen molar-refractivity contribution in [2.45, 2.75) is 37.6 Å². The molecular weight excluding hydrogens is 387 g/mol. The van der Waals surface area contributed by atoms with Crippen molar-refractivity contribution in [3.8, 4) is 0 Å². The topological polar surface area (TPSA) is 59.3 Å². The van der Waals surface area contributed by atoms with Crippen LogP contribution in [0.5, 0.6) is 0 Å². The first-order valence-electron chi connectivity index (χ1n) is 9.45. The number of aromatic nitrogens is 3. The van der Waals surface area contributed by atoms with E-state index in [-0.39, 0.29) is 17.0 Å². The Labute approximate surface area is 172 Å². The van der Waals surface area contributed by atoms with Crippen LogP contribution >= 0.6 is 11.8 Å². The van der Waals surface area contributed by atoms with Gasteiger partial charge in [0.1, 0.15) is 5.82 Å². The maximum absolute atomic E-state index is 13.1. The van der Waals surface area contributed by atoms with Gasteiger partial charge in [0.15, 0.2) is 10.8 Å². The number of carbonyl (C=O) groups is 1. The van der Waals surface area contributed by atoms with Crippen LogP contribution in [0.3, 0.4) is 0 Å². The molecule has 4 aromatic rings. The summed E-state index contributed by atoms with van der Waals surface area (Å²) in [5.74, 6) is -0.481. The van der Waals surface area contributed by atoms with Crippen LogP contribution in [-0.2, 0) is 4.79 Å². The molecular formula is C22H21FN4OS. The van der Waals surface area contributed by atoms with Gasteiger partial charge in [0.25, 0.3) is 0 Å². The SMILES string of the molecule is CCC(Sc1nnc2cc(C)c3cccc(C)c3n12)C(=O)Nc1ccc(F)cc1. The summed E-state index contributed by atoms with van der Waals surface area (Å²) in [7, 11) is 0. The van der Waals surface area contributed by atoms with Crippen molar-refractivity contribution in [2.75, 3.05) is 5.32 Å². The van der Waals surface area contributed by atoms with Gasteiger partial charge in [-0.15, -0.1) is 10.2 Å². The minimum atomic E-state index is -0.354. The summed E-state index contributed by atoms with van der Waals surface area (Å²) in [6.07, 6.45) is 0.620. The van der Waals surface area contributed by atoms with Crippen LogP contribution in [0, 0.1) is 19.7 Å². The lowest BCUT2D eigenvalue weighted by atomic mass is 10.1. The summed E-state index contributed by atoms with van der Waals surface area (Å²) >= 11 is 1.39. The van der Waals surface area contributed by atoms with Crippen molar-refractivity contribution in [3.63, 3.8) is 0 Å². The molecule has 148 valence electrons. The number of anilines is 1. The molecule has 0 radical (unpaired) electrons. The number of halogens is 1. The quantitative estimate of drug-likeness (QED) is 0.464. The highest BCUT2D eigenvalue weighted by Gasteiger charge is 2.22. The zero-order valence-electron chi connectivity index (χ0n) is 16.4. The third-order valence-corrected chi connectivity index (χ3v) is 6.22. The van der Waals surface area contributed by atoms with E-state index in [1.807, 2.05) is 23.5 Å². The predicted molar refractivity (Wildman–Crippen MR) is 115 cm³/mol. The minimum absolute atomic E-state index is 0.144. The number of aryl methyl sites for hydroxylation is 2. The maximum atomic E-state index is 13.1. The first-order valence-corrected chi connectivity index (χ1v) is 10.3. The molecule has 0 bridgehead atoms. The average molecular weight is 409 g/mol. The van der Waals surface area contributed by atoms with E-state index in [1.165, 1.54) is 23.9 Å². The molecule has 0 aliphatic heterocycles. The molecule has 0 spiro atoms. The van der Waals surface area contributed by atoms with E-state index in [9.17, 15) is 9.18 Å². The Hall–Kier alpha value is -2.93. The first-order chi connectivity index (χ1) is 14.0. The van der Waals surface area contributed by atoms with E-state index in [4.69, 9.17) is 0 Å². The lowest BCUT2D eigenvalue weighted by Crippen LogP contribution is -2.24. The van der Waals surface area contributed by atoms with Gasteiger partial charge in [-0.2, -0.15) is 0 Å². The van der Waals surface area contributed by atoms with Crippen molar-refractivity contribution in [1.82, 2.24) is 14.6 Å². The molecule has 29 heavy (non-hydrogen) atoms. The molecule has 1 atom stereocenters. The van der Waals surface area contributed by atoms with Gasteiger partial charge in [-0.3, -0.25) is 9.20 Å².